The zero-order valence-corrected chi connectivity index (χ0v) is 10.7. The first-order valence-electron chi connectivity index (χ1n) is 6.91. The van der Waals surface area contributed by atoms with Crippen molar-refractivity contribution < 1.29 is 9.84 Å². The summed E-state index contributed by atoms with van der Waals surface area (Å²) in [4.78, 5) is 0. The Bertz CT molecular complexity index is 213. The molecule has 0 aromatic heterocycles. The second-order valence-corrected chi connectivity index (χ2v) is 5.94. The van der Waals surface area contributed by atoms with Crippen LogP contribution in [0.1, 0.15) is 58.3 Å². The monoisotopic (exact) mass is 226 g/mol. The third-order valence-corrected chi connectivity index (χ3v) is 4.91. The van der Waals surface area contributed by atoms with Gasteiger partial charge in [-0.2, -0.15) is 0 Å². The molecule has 2 aliphatic rings. The molecule has 2 aliphatic carbocycles. The van der Waals surface area contributed by atoms with E-state index < -0.39 is 0 Å². The number of rotatable bonds is 3. The maximum absolute atomic E-state index is 10.6. The summed E-state index contributed by atoms with van der Waals surface area (Å²) in [6.45, 7) is 2.31. The molecule has 0 aliphatic heterocycles. The number of aliphatic hydroxyl groups is 1. The SMILES string of the molecule is COC1(C(O)C2CCCC2)CCC(C)CC1. The van der Waals surface area contributed by atoms with Crippen LogP contribution in [-0.4, -0.2) is 23.9 Å². The maximum atomic E-state index is 10.6. The molecule has 0 bridgehead atoms. The van der Waals surface area contributed by atoms with E-state index in [1.807, 2.05) is 0 Å². The molecule has 2 rings (SSSR count). The van der Waals surface area contributed by atoms with Gasteiger partial charge in [0.25, 0.3) is 0 Å². The Morgan fingerprint density at radius 3 is 2.19 bits per heavy atom. The van der Waals surface area contributed by atoms with Crippen LogP contribution < -0.4 is 0 Å². The molecule has 2 saturated carbocycles. The van der Waals surface area contributed by atoms with E-state index in [2.05, 4.69) is 6.92 Å². The zero-order chi connectivity index (χ0) is 11.6. The highest BCUT2D eigenvalue weighted by atomic mass is 16.5. The molecule has 1 atom stereocenters. The second-order valence-electron chi connectivity index (χ2n) is 5.94. The van der Waals surface area contributed by atoms with Crippen molar-refractivity contribution in [3.63, 3.8) is 0 Å². The molecule has 0 saturated heterocycles. The lowest BCUT2D eigenvalue weighted by Gasteiger charge is -2.43. The van der Waals surface area contributed by atoms with Crippen LogP contribution in [0, 0.1) is 11.8 Å². The molecule has 0 heterocycles. The molecule has 0 aromatic rings. The van der Waals surface area contributed by atoms with Gasteiger partial charge in [0.2, 0.25) is 0 Å². The van der Waals surface area contributed by atoms with Crippen LogP contribution in [-0.2, 0) is 4.74 Å². The standard InChI is InChI=1S/C14H26O2/c1-11-7-9-14(16-2,10-8-11)13(15)12-5-3-4-6-12/h11-13,15H,3-10H2,1-2H3. The quantitative estimate of drug-likeness (QED) is 0.801. The van der Waals surface area contributed by atoms with E-state index in [0.717, 1.165) is 18.8 Å². The molecule has 2 heteroatoms. The van der Waals surface area contributed by atoms with Crippen molar-refractivity contribution in [1.82, 2.24) is 0 Å². The molecule has 1 N–H and O–H groups in total. The van der Waals surface area contributed by atoms with Crippen LogP contribution in [0.15, 0.2) is 0 Å². The predicted molar refractivity (Wildman–Crippen MR) is 65.3 cm³/mol. The highest BCUT2D eigenvalue weighted by Crippen LogP contribution is 2.42. The van der Waals surface area contributed by atoms with Gasteiger partial charge in [-0.3, -0.25) is 0 Å². The molecule has 0 spiro atoms. The smallest absolute Gasteiger partial charge is 0.0939 e. The molecule has 0 aromatic carbocycles. The summed E-state index contributed by atoms with van der Waals surface area (Å²) in [5.41, 5.74) is -0.221. The molecule has 0 radical (unpaired) electrons. The Morgan fingerprint density at radius 2 is 1.69 bits per heavy atom. The highest BCUT2D eigenvalue weighted by Gasteiger charge is 2.44. The summed E-state index contributed by atoms with van der Waals surface area (Å²) < 4.78 is 5.75. The molecule has 16 heavy (non-hydrogen) atoms. The summed E-state index contributed by atoms with van der Waals surface area (Å²) in [6, 6.07) is 0. The van der Waals surface area contributed by atoms with Gasteiger partial charge in [-0.25, -0.2) is 0 Å². The van der Waals surface area contributed by atoms with Crippen LogP contribution in [0.25, 0.3) is 0 Å². The third-order valence-electron chi connectivity index (χ3n) is 4.91. The lowest BCUT2D eigenvalue weighted by molar-refractivity contribution is -0.146. The summed E-state index contributed by atoms with van der Waals surface area (Å²) in [5, 5.41) is 10.6. The lowest BCUT2D eigenvalue weighted by atomic mass is 9.73. The summed E-state index contributed by atoms with van der Waals surface area (Å²) in [6.07, 6.45) is 9.24. The fourth-order valence-electron chi connectivity index (χ4n) is 3.57. The normalized spacial score (nSPS) is 38.8. The number of hydrogen-bond donors (Lipinski definition) is 1. The van der Waals surface area contributed by atoms with Crippen molar-refractivity contribution in [3.05, 3.63) is 0 Å². The van der Waals surface area contributed by atoms with Crippen molar-refractivity contribution in [2.45, 2.75) is 70.0 Å². The fraction of sp³-hybridized carbons (Fsp3) is 1.00. The Hall–Kier alpha value is -0.0800. The molecular weight excluding hydrogens is 200 g/mol. The van der Waals surface area contributed by atoms with Crippen molar-refractivity contribution in [2.24, 2.45) is 11.8 Å². The Balaban J connectivity index is 2.02. The Labute approximate surface area is 99.4 Å². The van der Waals surface area contributed by atoms with Crippen molar-refractivity contribution >= 4 is 0 Å². The molecule has 2 fully saturated rings. The Morgan fingerprint density at radius 1 is 1.12 bits per heavy atom. The molecule has 1 unspecified atom stereocenters. The van der Waals surface area contributed by atoms with Crippen LogP contribution in [0.4, 0.5) is 0 Å². The van der Waals surface area contributed by atoms with Gasteiger partial charge in [0.1, 0.15) is 0 Å². The van der Waals surface area contributed by atoms with Crippen LogP contribution >= 0.6 is 0 Å². The third kappa shape index (κ3) is 2.28. The minimum atomic E-state index is -0.229. The van der Waals surface area contributed by atoms with E-state index in [4.69, 9.17) is 4.74 Å². The van der Waals surface area contributed by atoms with E-state index in [1.165, 1.54) is 38.5 Å². The summed E-state index contributed by atoms with van der Waals surface area (Å²) in [5.74, 6) is 1.30. The lowest BCUT2D eigenvalue weighted by Crippen LogP contribution is -2.49. The second kappa shape index (κ2) is 5.05. The molecule has 94 valence electrons. The van der Waals surface area contributed by atoms with Gasteiger partial charge < -0.3 is 9.84 Å². The first-order valence-corrected chi connectivity index (χ1v) is 6.91. The molecular formula is C14H26O2. The average molecular weight is 226 g/mol. The van der Waals surface area contributed by atoms with E-state index in [1.54, 1.807) is 7.11 Å². The largest absolute Gasteiger partial charge is 0.390 e. The van der Waals surface area contributed by atoms with Crippen LogP contribution in [0.2, 0.25) is 0 Å². The zero-order valence-electron chi connectivity index (χ0n) is 10.7. The van der Waals surface area contributed by atoms with Gasteiger partial charge in [-0.05, 0) is 50.4 Å². The van der Waals surface area contributed by atoms with Gasteiger partial charge in [-0.1, -0.05) is 19.8 Å². The van der Waals surface area contributed by atoms with E-state index in [-0.39, 0.29) is 11.7 Å². The number of ether oxygens (including phenoxy) is 1. The fourth-order valence-corrected chi connectivity index (χ4v) is 3.57. The van der Waals surface area contributed by atoms with Gasteiger partial charge in [0, 0.05) is 7.11 Å². The average Bonchev–Trinajstić information content (AvgIpc) is 2.83. The maximum Gasteiger partial charge on any atom is 0.0939 e. The number of aliphatic hydroxyl groups excluding tert-OH is 1. The van der Waals surface area contributed by atoms with E-state index in [9.17, 15) is 5.11 Å². The van der Waals surface area contributed by atoms with Crippen LogP contribution in [0.3, 0.4) is 0 Å². The minimum Gasteiger partial charge on any atom is -0.390 e. The first-order chi connectivity index (χ1) is 7.68. The van der Waals surface area contributed by atoms with Gasteiger partial charge in [-0.15, -0.1) is 0 Å². The predicted octanol–water partition coefficient (Wildman–Crippen LogP) is 3.13. The van der Waals surface area contributed by atoms with Crippen molar-refractivity contribution in [1.29, 1.82) is 0 Å². The summed E-state index contributed by atoms with van der Waals surface area (Å²) >= 11 is 0. The minimum absolute atomic E-state index is 0.221. The topological polar surface area (TPSA) is 29.5 Å². The van der Waals surface area contributed by atoms with Crippen LogP contribution in [0.5, 0.6) is 0 Å². The van der Waals surface area contributed by atoms with E-state index >= 15 is 0 Å². The molecule has 2 nitrogen and oxygen atoms in total. The van der Waals surface area contributed by atoms with Crippen molar-refractivity contribution in [2.75, 3.05) is 7.11 Å². The number of methoxy groups -OCH3 is 1. The molecule has 0 amide bonds. The summed E-state index contributed by atoms with van der Waals surface area (Å²) in [7, 11) is 1.79. The van der Waals surface area contributed by atoms with Gasteiger partial charge in [0.05, 0.1) is 11.7 Å². The first kappa shape index (κ1) is 12.4. The van der Waals surface area contributed by atoms with Crippen molar-refractivity contribution in [3.8, 4) is 0 Å². The van der Waals surface area contributed by atoms with Gasteiger partial charge >= 0.3 is 0 Å². The number of hydrogen-bond acceptors (Lipinski definition) is 2. The Kier molecular flexibility index (Phi) is 3.91. The highest BCUT2D eigenvalue weighted by molar-refractivity contribution is 4.96. The van der Waals surface area contributed by atoms with E-state index in [0.29, 0.717) is 5.92 Å². The van der Waals surface area contributed by atoms with Gasteiger partial charge in [0.15, 0.2) is 0 Å².